The van der Waals surface area contributed by atoms with Gasteiger partial charge in [0.25, 0.3) is 5.91 Å². The molecule has 0 spiro atoms. The Morgan fingerprint density at radius 3 is 2.42 bits per heavy atom. The molecule has 0 N–H and O–H groups in total. The number of rotatable bonds is 4. The first-order chi connectivity index (χ1) is 12.7. The topological polar surface area (TPSA) is 42.0 Å². The highest BCUT2D eigenvalue weighted by molar-refractivity contribution is 6.07. The smallest absolute Gasteiger partial charge is 0.258 e. The number of benzene rings is 2. The summed E-state index contributed by atoms with van der Waals surface area (Å²) >= 11 is 0. The summed E-state index contributed by atoms with van der Waals surface area (Å²) in [5, 5.41) is 0. The molecule has 26 heavy (non-hydrogen) atoms. The van der Waals surface area contributed by atoms with Crippen LogP contribution in [0.1, 0.15) is 28.8 Å². The minimum absolute atomic E-state index is 0.00127. The maximum atomic E-state index is 13.0. The van der Waals surface area contributed by atoms with E-state index in [-0.39, 0.29) is 5.91 Å². The maximum absolute atomic E-state index is 13.0. The zero-order chi connectivity index (χ0) is 18.1. The maximum Gasteiger partial charge on any atom is 0.258 e. The van der Waals surface area contributed by atoms with Crippen LogP contribution in [0.3, 0.4) is 0 Å². The molecule has 2 heterocycles. The number of nitrogens with zero attached hydrogens (tertiary/aromatic N) is 2. The second kappa shape index (κ2) is 6.90. The lowest BCUT2D eigenvalue weighted by Crippen LogP contribution is -2.28. The summed E-state index contributed by atoms with van der Waals surface area (Å²) in [6.07, 6.45) is 3.43. The molecule has 0 unspecified atom stereocenters. The van der Waals surface area contributed by atoms with Crippen molar-refractivity contribution in [2.24, 2.45) is 0 Å². The van der Waals surface area contributed by atoms with E-state index < -0.39 is 0 Å². The van der Waals surface area contributed by atoms with Gasteiger partial charge in [0.2, 0.25) is 0 Å². The van der Waals surface area contributed by atoms with Gasteiger partial charge < -0.3 is 19.3 Å². The number of hydrogen-bond donors (Lipinski definition) is 0. The standard InChI is InChI=1S/C21H24N2O3/c1-25-19-8-5-16(14-20(19)26-2)21(24)23-12-9-15-13-17(6-7-18(15)23)22-10-3-4-11-22/h5-8,13-14H,3-4,9-12H2,1-2H3. The van der Waals surface area contributed by atoms with E-state index in [4.69, 9.17) is 9.47 Å². The molecular formula is C21H24N2O3. The molecule has 5 heteroatoms. The Bertz CT molecular complexity index is 828. The molecule has 0 saturated carbocycles. The molecule has 0 radical (unpaired) electrons. The number of fused-ring (bicyclic) bond motifs is 1. The highest BCUT2D eigenvalue weighted by Crippen LogP contribution is 2.35. The Morgan fingerprint density at radius 1 is 0.923 bits per heavy atom. The Hall–Kier alpha value is -2.69. The summed E-state index contributed by atoms with van der Waals surface area (Å²) < 4.78 is 10.6. The molecule has 1 saturated heterocycles. The van der Waals surface area contributed by atoms with E-state index in [1.165, 1.54) is 24.1 Å². The first-order valence-electron chi connectivity index (χ1n) is 9.13. The van der Waals surface area contributed by atoms with E-state index in [2.05, 4.69) is 23.1 Å². The summed E-state index contributed by atoms with van der Waals surface area (Å²) in [6, 6.07) is 11.8. The number of hydrogen-bond acceptors (Lipinski definition) is 4. The minimum Gasteiger partial charge on any atom is -0.493 e. The number of amides is 1. The van der Waals surface area contributed by atoms with Gasteiger partial charge in [-0.15, -0.1) is 0 Å². The fraction of sp³-hybridized carbons (Fsp3) is 0.381. The second-order valence-corrected chi connectivity index (χ2v) is 6.78. The predicted molar refractivity (Wildman–Crippen MR) is 103 cm³/mol. The Labute approximate surface area is 154 Å². The summed E-state index contributed by atoms with van der Waals surface area (Å²) in [4.78, 5) is 17.3. The second-order valence-electron chi connectivity index (χ2n) is 6.78. The van der Waals surface area contributed by atoms with Gasteiger partial charge in [0, 0.05) is 36.6 Å². The van der Waals surface area contributed by atoms with Gasteiger partial charge in [0.05, 0.1) is 14.2 Å². The average Bonchev–Trinajstić information content (AvgIpc) is 3.36. The van der Waals surface area contributed by atoms with Crippen molar-refractivity contribution < 1.29 is 14.3 Å². The van der Waals surface area contributed by atoms with E-state index >= 15 is 0 Å². The zero-order valence-corrected chi connectivity index (χ0v) is 15.3. The monoisotopic (exact) mass is 352 g/mol. The third-order valence-electron chi connectivity index (χ3n) is 5.31. The molecule has 2 aromatic carbocycles. The average molecular weight is 352 g/mol. The molecule has 1 fully saturated rings. The number of ether oxygens (including phenoxy) is 2. The first kappa shape index (κ1) is 16.8. The Kier molecular flexibility index (Phi) is 4.45. The highest BCUT2D eigenvalue weighted by atomic mass is 16.5. The van der Waals surface area contributed by atoms with E-state index in [1.807, 2.05) is 4.90 Å². The largest absolute Gasteiger partial charge is 0.493 e. The zero-order valence-electron chi connectivity index (χ0n) is 15.3. The molecule has 1 amide bonds. The van der Waals surface area contributed by atoms with Gasteiger partial charge in [-0.05, 0) is 61.2 Å². The van der Waals surface area contributed by atoms with E-state index in [9.17, 15) is 4.79 Å². The van der Waals surface area contributed by atoms with E-state index in [0.717, 1.165) is 25.2 Å². The molecule has 136 valence electrons. The lowest BCUT2D eigenvalue weighted by atomic mass is 10.1. The molecule has 5 nitrogen and oxygen atoms in total. The molecule has 2 aromatic rings. The third-order valence-corrected chi connectivity index (χ3v) is 5.31. The normalized spacial score (nSPS) is 15.9. The van der Waals surface area contributed by atoms with Crippen LogP contribution in [0.15, 0.2) is 36.4 Å². The van der Waals surface area contributed by atoms with Crippen LogP contribution in [0.2, 0.25) is 0 Å². The lowest BCUT2D eigenvalue weighted by Gasteiger charge is -2.21. The van der Waals surface area contributed by atoms with Crippen LogP contribution in [0, 0.1) is 0 Å². The highest BCUT2D eigenvalue weighted by Gasteiger charge is 2.27. The van der Waals surface area contributed by atoms with Crippen molar-refractivity contribution in [2.45, 2.75) is 19.3 Å². The summed E-state index contributed by atoms with van der Waals surface area (Å²) in [5.74, 6) is 1.20. The van der Waals surface area contributed by atoms with Crippen molar-refractivity contribution >= 4 is 17.3 Å². The molecule has 2 aliphatic heterocycles. The van der Waals surface area contributed by atoms with Gasteiger partial charge in [-0.1, -0.05) is 0 Å². The molecule has 0 aromatic heterocycles. The van der Waals surface area contributed by atoms with Crippen LogP contribution >= 0.6 is 0 Å². The third kappa shape index (κ3) is 2.87. The molecule has 0 aliphatic carbocycles. The number of anilines is 2. The van der Waals surface area contributed by atoms with Crippen LogP contribution in [-0.4, -0.2) is 39.8 Å². The fourth-order valence-corrected chi connectivity index (χ4v) is 3.90. The fourth-order valence-electron chi connectivity index (χ4n) is 3.90. The Balaban J connectivity index is 1.59. The van der Waals surface area contributed by atoms with E-state index in [1.54, 1.807) is 32.4 Å². The van der Waals surface area contributed by atoms with Crippen LogP contribution in [-0.2, 0) is 6.42 Å². The van der Waals surface area contributed by atoms with Crippen molar-refractivity contribution in [1.82, 2.24) is 0 Å². The molecule has 2 aliphatic rings. The number of methoxy groups -OCH3 is 2. The van der Waals surface area contributed by atoms with Crippen LogP contribution < -0.4 is 19.3 Å². The molecule has 0 atom stereocenters. The van der Waals surface area contributed by atoms with Crippen LogP contribution in [0.5, 0.6) is 11.5 Å². The van der Waals surface area contributed by atoms with Gasteiger partial charge in [-0.2, -0.15) is 0 Å². The van der Waals surface area contributed by atoms with Gasteiger partial charge in [0.15, 0.2) is 11.5 Å². The van der Waals surface area contributed by atoms with Gasteiger partial charge >= 0.3 is 0 Å². The van der Waals surface area contributed by atoms with Crippen molar-refractivity contribution in [1.29, 1.82) is 0 Å². The van der Waals surface area contributed by atoms with Gasteiger partial charge in [-0.25, -0.2) is 0 Å². The van der Waals surface area contributed by atoms with Crippen molar-refractivity contribution in [3.05, 3.63) is 47.5 Å². The predicted octanol–water partition coefficient (Wildman–Crippen LogP) is 3.51. The van der Waals surface area contributed by atoms with Crippen LogP contribution in [0.4, 0.5) is 11.4 Å². The molecular weight excluding hydrogens is 328 g/mol. The summed E-state index contributed by atoms with van der Waals surface area (Å²) in [5.41, 5.74) is 4.16. The quantitative estimate of drug-likeness (QED) is 0.844. The van der Waals surface area contributed by atoms with Crippen molar-refractivity contribution in [3.8, 4) is 11.5 Å². The van der Waals surface area contributed by atoms with E-state index in [0.29, 0.717) is 23.6 Å². The first-order valence-corrected chi connectivity index (χ1v) is 9.13. The molecule has 0 bridgehead atoms. The SMILES string of the molecule is COc1ccc(C(=O)N2CCc3cc(N4CCCC4)ccc32)cc1OC. The van der Waals surface area contributed by atoms with Crippen LogP contribution in [0.25, 0.3) is 0 Å². The number of carbonyl (C=O) groups excluding carboxylic acids is 1. The van der Waals surface area contributed by atoms with Gasteiger partial charge in [0.1, 0.15) is 0 Å². The lowest BCUT2D eigenvalue weighted by molar-refractivity contribution is 0.0989. The number of carbonyl (C=O) groups is 1. The summed E-state index contributed by atoms with van der Waals surface area (Å²) in [6.45, 7) is 2.98. The van der Waals surface area contributed by atoms with Gasteiger partial charge in [-0.3, -0.25) is 4.79 Å². The Morgan fingerprint density at radius 2 is 1.69 bits per heavy atom. The van der Waals surface area contributed by atoms with Crippen molar-refractivity contribution in [2.75, 3.05) is 43.7 Å². The molecule has 4 rings (SSSR count). The van der Waals surface area contributed by atoms with Crippen molar-refractivity contribution in [3.63, 3.8) is 0 Å². The summed E-state index contributed by atoms with van der Waals surface area (Å²) in [7, 11) is 3.17. The minimum atomic E-state index is -0.00127.